The average molecular weight is 318 g/mol. The Balaban J connectivity index is 1.77. The van der Waals surface area contributed by atoms with E-state index in [4.69, 9.17) is 0 Å². The van der Waals surface area contributed by atoms with Crippen LogP contribution >= 0.6 is 22.7 Å². The molecule has 1 aromatic carbocycles. The fourth-order valence-corrected chi connectivity index (χ4v) is 3.55. The fourth-order valence-electron chi connectivity index (χ4n) is 1.93. The van der Waals surface area contributed by atoms with Gasteiger partial charge in [0.25, 0.3) is 0 Å². The number of aryl methyl sites for hydroxylation is 1. The molecule has 1 amide bonds. The topological polar surface area (TPSA) is 66.9 Å². The zero-order valence-corrected chi connectivity index (χ0v) is 13.3. The number of aromatic nitrogens is 2. The first-order valence-electron chi connectivity index (χ1n) is 6.43. The highest BCUT2D eigenvalue weighted by atomic mass is 32.1. The van der Waals surface area contributed by atoms with Gasteiger partial charge in [-0.1, -0.05) is 11.3 Å². The van der Waals surface area contributed by atoms with Crippen LogP contribution < -0.4 is 10.6 Å². The predicted octanol–water partition coefficient (Wildman–Crippen LogP) is 3.63. The summed E-state index contributed by atoms with van der Waals surface area (Å²) in [5.41, 5.74) is 4.63. The molecule has 0 spiro atoms. The Kier molecular flexibility index (Phi) is 3.85. The molecule has 0 aliphatic heterocycles. The van der Waals surface area contributed by atoms with Gasteiger partial charge in [0, 0.05) is 17.5 Å². The maximum absolute atomic E-state index is 11.1. The Morgan fingerprint density at radius 3 is 2.95 bits per heavy atom. The Labute approximate surface area is 130 Å². The van der Waals surface area contributed by atoms with Crippen LogP contribution in [0.25, 0.3) is 10.2 Å². The SMILES string of the molecule is CC(=O)Nc1ccc2nc(NCc3scnc3C)sc2c1. The molecule has 0 radical (unpaired) electrons. The van der Waals surface area contributed by atoms with Crippen LogP contribution in [0, 0.1) is 6.92 Å². The molecule has 0 unspecified atom stereocenters. The van der Waals surface area contributed by atoms with Crippen LogP contribution in [-0.2, 0) is 11.3 Å². The largest absolute Gasteiger partial charge is 0.357 e. The quantitative estimate of drug-likeness (QED) is 0.771. The van der Waals surface area contributed by atoms with Crippen molar-refractivity contribution in [2.45, 2.75) is 20.4 Å². The Bertz CT molecular complexity index is 793. The van der Waals surface area contributed by atoms with Crippen LogP contribution in [0.1, 0.15) is 17.5 Å². The van der Waals surface area contributed by atoms with Gasteiger partial charge in [-0.05, 0) is 25.1 Å². The van der Waals surface area contributed by atoms with Gasteiger partial charge in [-0.2, -0.15) is 0 Å². The maximum atomic E-state index is 11.1. The second-order valence-electron chi connectivity index (χ2n) is 4.60. The van der Waals surface area contributed by atoms with E-state index in [0.29, 0.717) is 0 Å². The number of nitrogens with zero attached hydrogens (tertiary/aromatic N) is 2. The smallest absolute Gasteiger partial charge is 0.221 e. The van der Waals surface area contributed by atoms with E-state index >= 15 is 0 Å². The van der Waals surface area contributed by atoms with Gasteiger partial charge in [0.15, 0.2) is 5.13 Å². The second kappa shape index (κ2) is 5.79. The summed E-state index contributed by atoms with van der Waals surface area (Å²) in [5, 5.41) is 6.98. The molecule has 3 rings (SSSR count). The van der Waals surface area contributed by atoms with E-state index in [1.54, 1.807) is 22.7 Å². The van der Waals surface area contributed by atoms with Gasteiger partial charge >= 0.3 is 0 Å². The van der Waals surface area contributed by atoms with Crippen molar-refractivity contribution in [1.29, 1.82) is 0 Å². The summed E-state index contributed by atoms with van der Waals surface area (Å²) in [5.74, 6) is -0.0714. The highest BCUT2D eigenvalue weighted by Gasteiger charge is 2.07. The van der Waals surface area contributed by atoms with Gasteiger partial charge in [-0.15, -0.1) is 11.3 Å². The summed E-state index contributed by atoms with van der Waals surface area (Å²) in [4.78, 5) is 21.1. The summed E-state index contributed by atoms with van der Waals surface area (Å²) >= 11 is 3.22. The molecule has 2 heterocycles. The number of hydrogen-bond acceptors (Lipinski definition) is 6. The predicted molar refractivity (Wildman–Crippen MR) is 88.1 cm³/mol. The molecule has 0 saturated heterocycles. The second-order valence-corrected chi connectivity index (χ2v) is 6.57. The van der Waals surface area contributed by atoms with Crippen molar-refractivity contribution in [2.24, 2.45) is 0 Å². The van der Waals surface area contributed by atoms with Crippen LogP contribution in [0.2, 0.25) is 0 Å². The van der Waals surface area contributed by atoms with Gasteiger partial charge in [-0.25, -0.2) is 9.97 Å². The molecule has 2 N–H and O–H groups in total. The highest BCUT2D eigenvalue weighted by Crippen LogP contribution is 2.29. The zero-order valence-electron chi connectivity index (χ0n) is 11.6. The molecule has 21 heavy (non-hydrogen) atoms. The third-order valence-corrected chi connectivity index (χ3v) is 4.86. The van der Waals surface area contributed by atoms with E-state index in [1.807, 2.05) is 30.6 Å². The number of carbonyl (C=O) groups is 1. The summed E-state index contributed by atoms with van der Waals surface area (Å²) in [6.07, 6.45) is 0. The number of thiazole rings is 2. The van der Waals surface area contributed by atoms with Crippen molar-refractivity contribution in [3.8, 4) is 0 Å². The lowest BCUT2D eigenvalue weighted by Gasteiger charge is -1.99. The standard InChI is InChI=1S/C14H14N4OS2/c1-8-13(20-7-16-8)6-15-14-18-11-4-3-10(17-9(2)19)5-12(11)21-14/h3-5,7H,6H2,1-2H3,(H,15,18)(H,17,19). The molecule has 7 heteroatoms. The molecule has 0 saturated carbocycles. The number of anilines is 2. The van der Waals surface area contributed by atoms with Crippen LogP contribution in [0.5, 0.6) is 0 Å². The maximum Gasteiger partial charge on any atom is 0.221 e. The Morgan fingerprint density at radius 2 is 2.24 bits per heavy atom. The van der Waals surface area contributed by atoms with Gasteiger partial charge in [0.05, 0.1) is 28.0 Å². The Morgan fingerprint density at radius 1 is 1.38 bits per heavy atom. The monoisotopic (exact) mass is 318 g/mol. The minimum atomic E-state index is -0.0714. The van der Waals surface area contributed by atoms with Gasteiger partial charge in [-0.3, -0.25) is 4.79 Å². The number of carbonyl (C=O) groups excluding carboxylic acids is 1. The van der Waals surface area contributed by atoms with E-state index in [1.165, 1.54) is 11.8 Å². The summed E-state index contributed by atoms with van der Waals surface area (Å²) in [7, 11) is 0. The van der Waals surface area contributed by atoms with Gasteiger partial charge in [0.2, 0.25) is 5.91 Å². The first-order chi connectivity index (χ1) is 10.1. The van der Waals surface area contributed by atoms with E-state index in [2.05, 4.69) is 20.6 Å². The lowest BCUT2D eigenvalue weighted by Crippen LogP contribution is -2.05. The molecule has 108 valence electrons. The molecule has 0 aliphatic rings. The number of nitrogens with one attached hydrogen (secondary N) is 2. The normalized spacial score (nSPS) is 10.8. The van der Waals surface area contributed by atoms with Crippen molar-refractivity contribution >= 4 is 49.6 Å². The molecular weight excluding hydrogens is 304 g/mol. The molecule has 2 aromatic heterocycles. The van der Waals surface area contributed by atoms with E-state index in [9.17, 15) is 4.79 Å². The van der Waals surface area contributed by atoms with Crippen molar-refractivity contribution in [3.05, 3.63) is 34.3 Å². The molecule has 0 fully saturated rings. The molecule has 0 aliphatic carbocycles. The lowest BCUT2D eigenvalue weighted by atomic mass is 10.3. The summed E-state index contributed by atoms with van der Waals surface area (Å²) in [6.45, 7) is 4.24. The number of rotatable bonds is 4. The number of benzene rings is 1. The zero-order chi connectivity index (χ0) is 14.8. The summed E-state index contributed by atoms with van der Waals surface area (Å²) < 4.78 is 1.05. The Hall–Kier alpha value is -1.99. The first-order valence-corrected chi connectivity index (χ1v) is 8.12. The van der Waals surface area contributed by atoms with Crippen molar-refractivity contribution in [1.82, 2.24) is 9.97 Å². The average Bonchev–Trinajstić information content (AvgIpc) is 3.01. The highest BCUT2D eigenvalue weighted by molar-refractivity contribution is 7.22. The molecular formula is C14H14N4OS2. The van der Waals surface area contributed by atoms with Crippen molar-refractivity contribution < 1.29 is 4.79 Å². The number of fused-ring (bicyclic) bond motifs is 1. The minimum Gasteiger partial charge on any atom is -0.357 e. The van der Waals surface area contributed by atoms with Gasteiger partial charge in [0.1, 0.15) is 0 Å². The first kappa shape index (κ1) is 14.0. The van der Waals surface area contributed by atoms with E-state index < -0.39 is 0 Å². The van der Waals surface area contributed by atoms with Crippen LogP contribution in [-0.4, -0.2) is 15.9 Å². The minimum absolute atomic E-state index is 0.0714. The number of hydrogen-bond donors (Lipinski definition) is 2. The number of amides is 1. The van der Waals surface area contributed by atoms with Crippen LogP contribution in [0.3, 0.4) is 0 Å². The van der Waals surface area contributed by atoms with Crippen molar-refractivity contribution in [2.75, 3.05) is 10.6 Å². The fraction of sp³-hybridized carbons (Fsp3) is 0.214. The summed E-state index contributed by atoms with van der Waals surface area (Å²) in [6, 6.07) is 5.72. The lowest BCUT2D eigenvalue weighted by molar-refractivity contribution is -0.114. The van der Waals surface area contributed by atoms with Crippen molar-refractivity contribution in [3.63, 3.8) is 0 Å². The molecule has 0 bridgehead atoms. The van der Waals surface area contributed by atoms with Crippen LogP contribution in [0.4, 0.5) is 10.8 Å². The molecule has 3 aromatic rings. The third kappa shape index (κ3) is 3.20. The van der Waals surface area contributed by atoms with Gasteiger partial charge < -0.3 is 10.6 Å². The van der Waals surface area contributed by atoms with E-state index in [-0.39, 0.29) is 5.91 Å². The molecule has 0 atom stereocenters. The van der Waals surface area contributed by atoms with E-state index in [0.717, 1.165) is 33.3 Å². The third-order valence-electron chi connectivity index (χ3n) is 2.95. The molecule has 5 nitrogen and oxygen atoms in total. The van der Waals surface area contributed by atoms with Crippen LogP contribution in [0.15, 0.2) is 23.7 Å².